The minimum Gasteiger partial charge on any atom is -0.378 e. The topological polar surface area (TPSA) is 58.6 Å². The van der Waals surface area contributed by atoms with Crippen LogP contribution in [0.2, 0.25) is 0 Å². The van der Waals surface area contributed by atoms with E-state index in [9.17, 15) is 9.59 Å². The normalized spacial score (nSPS) is 34.1. The van der Waals surface area contributed by atoms with Crippen LogP contribution in [-0.2, 0) is 14.3 Å². The summed E-state index contributed by atoms with van der Waals surface area (Å²) in [5.41, 5.74) is 0. The average Bonchev–Trinajstić information content (AvgIpc) is 2.32. The second-order valence-corrected chi connectivity index (χ2v) is 6.31. The maximum absolute atomic E-state index is 12.6. The number of carbonyl (C=O) groups is 2. The van der Waals surface area contributed by atoms with E-state index in [1.165, 1.54) is 0 Å². The summed E-state index contributed by atoms with van der Waals surface area (Å²) in [6.07, 6.45) is 2.66. The standard InChI is InChI=1S/C15H26N2O3/c1-5-20-12-7-11(8-12)17-10(4)14(18)16-13(15(17)19)6-9(2)3/h9-13H,5-8H2,1-4H3,(H,16,18). The van der Waals surface area contributed by atoms with Crippen molar-refractivity contribution in [1.29, 1.82) is 0 Å². The third kappa shape index (κ3) is 2.97. The first kappa shape index (κ1) is 15.3. The zero-order valence-corrected chi connectivity index (χ0v) is 12.9. The lowest BCUT2D eigenvalue weighted by molar-refractivity contribution is -0.158. The summed E-state index contributed by atoms with van der Waals surface area (Å²) >= 11 is 0. The summed E-state index contributed by atoms with van der Waals surface area (Å²) < 4.78 is 5.55. The van der Waals surface area contributed by atoms with Gasteiger partial charge >= 0.3 is 0 Å². The molecule has 0 spiro atoms. The molecular weight excluding hydrogens is 256 g/mol. The van der Waals surface area contributed by atoms with Gasteiger partial charge in [-0.3, -0.25) is 9.59 Å². The van der Waals surface area contributed by atoms with Crippen molar-refractivity contribution < 1.29 is 14.3 Å². The summed E-state index contributed by atoms with van der Waals surface area (Å²) in [6, 6.07) is -0.557. The van der Waals surface area contributed by atoms with Gasteiger partial charge in [0.05, 0.1) is 6.10 Å². The number of carbonyl (C=O) groups excluding carboxylic acids is 2. The van der Waals surface area contributed by atoms with Gasteiger partial charge in [-0.05, 0) is 39.0 Å². The summed E-state index contributed by atoms with van der Waals surface area (Å²) in [6.45, 7) is 8.63. The maximum atomic E-state index is 12.6. The van der Waals surface area contributed by atoms with Crippen molar-refractivity contribution in [3.8, 4) is 0 Å². The molecule has 2 unspecified atom stereocenters. The molecule has 0 aromatic rings. The Hall–Kier alpha value is -1.10. The highest BCUT2D eigenvalue weighted by molar-refractivity contribution is 5.97. The number of piperazine rings is 1. The number of amides is 2. The van der Waals surface area contributed by atoms with Crippen molar-refractivity contribution in [1.82, 2.24) is 10.2 Å². The van der Waals surface area contributed by atoms with Crippen LogP contribution in [0.15, 0.2) is 0 Å². The molecule has 1 N–H and O–H groups in total. The van der Waals surface area contributed by atoms with E-state index in [0.717, 1.165) is 12.8 Å². The predicted octanol–water partition coefficient (Wildman–Crippen LogP) is 1.32. The van der Waals surface area contributed by atoms with Gasteiger partial charge in [0.2, 0.25) is 11.8 Å². The minimum atomic E-state index is -0.363. The first-order chi connectivity index (χ1) is 9.43. The summed E-state index contributed by atoms with van der Waals surface area (Å²) in [4.78, 5) is 26.4. The Morgan fingerprint density at radius 1 is 1.35 bits per heavy atom. The van der Waals surface area contributed by atoms with E-state index < -0.39 is 0 Å². The Kier molecular flexibility index (Phi) is 4.68. The number of rotatable bonds is 5. The SMILES string of the molecule is CCOC1CC(N2C(=O)C(CC(C)C)NC(=O)C2C)C1. The summed E-state index contributed by atoms with van der Waals surface area (Å²) in [7, 11) is 0. The maximum Gasteiger partial charge on any atom is 0.246 e. The van der Waals surface area contributed by atoms with Crippen molar-refractivity contribution in [2.75, 3.05) is 6.61 Å². The van der Waals surface area contributed by atoms with Crippen molar-refractivity contribution in [2.24, 2.45) is 5.92 Å². The van der Waals surface area contributed by atoms with Crippen LogP contribution in [0, 0.1) is 5.92 Å². The Bertz CT molecular complexity index is 377. The molecule has 0 aromatic heterocycles. The third-order valence-corrected chi connectivity index (χ3v) is 4.24. The molecule has 2 amide bonds. The van der Waals surface area contributed by atoms with E-state index in [2.05, 4.69) is 19.2 Å². The molecule has 2 atom stereocenters. The van der Waals surface area contributed by atoms with Crippen LogP contribution in [0.25, 0.3) is 0 Å². The number of hydrogen-bond donors (Lipinski definition) is 1. The highest BCUT2D eigenvalue weighted by Gasteiger charge is 2.45. The van der Waals surface area contributed by atoms with Crippen molar-refractivity contribution in [3.63, 3.8) is 0 Å². The summed E-state index contributed by atoms with van der Waals surface area (Å²) in [5.74, 6) is 0.429. The monoisotopic (exact) mass is 282 g/mol. The van der Waals surface area contributed by atoms with Gasteiger partial charge in [0, 0.05) is 12.6 Å². The lowest BCUT2D eigenvalue weighted by Gasteiger charge is -2.48. The minimum absolute atomic E-state index is 0.0323. The van der Waals surface area contributed by atoms with E-state index >= 15 is 0 Å². The molecule has 5 nitrogen and oxygen atoms in total. The van der Waals surface area contributed by atoms with Gasteiger partial charge in [-0.15, -0.1) is 0 Å². The van der Waals surface area contributed by atoms with Crippen LogP contribution in [-0.4, -0.2) is 47.6 Å². The molecule has 1 aliphatic carbocycles. The van der Waals surface area contributed by atoms with Crippen LogP contribution < -0.4 is 5.32 Å². The number of nitrogens with one attached hydrogen (secondary N) is 1. The van der Waals surface area contributed by atoms with Crippen molar-refractivity contribution in [3.05, 3.63) is 0 Å². The first-order valence-corrected chi connectivity index (χ1v) is 7.68. The Labute approximate surface area is 121 Å². The van der Waals surface area contributed by atoms with Crippen LogP contribution in [0.1, 0.15) is 47.0 Å². The van der Waals surface area contributed by atoms with E-state index in [1.807, 2.05) is 13.8 Å². The zero-order chi connectivity index (χ0) is 14.9. The molecule has 1 heterocycles. The summed E-state index contributed by atoms with van der Waals surface area (Å²) in [5, 5.41) is 2.86. The van der Waals surface area contributed by atoms with Gasteiger partial charge in [0.25, 0.3) is 0 Å². The van der Waals surface area contributed by atoms with Gasteiger partial charge in [-0.1, -0.05) is 13.8 Å². The van der Waals surface area contributed by atoms with Crippen LogP contribution in [0.3, 0.4) is 0 Å². The Balaban J connectivity index is 2.02. The molecule has 114 valence electrons. The fraction of sp³-hybridized carbons (Fsp3) is 0.867. The Morgan fingerprint density at radius 2 is 2.00 bits per heavy atom. The van der Waals surface area contributed by atoms with Gasteiger partial charge in [-0.2, -0.15) is 0 Å². The predicted molar refractivity (Wildman–Crippen MR) is 76.1 cm³/mol. The zero-order valence-electron chi connectivity index (χ0n) is 12.9. The van der Waals surface area contributed by atoms with Crippen LogP contribution >= 0.6 is 0 Å². The fourth-order valence-electron chi connectivity index (χ4n) is 3.12. The molecule has 0 aromatic carbocycles. The molecule has 1 saturated heterocycles. The molecular formula is C15H26N2O3. The van der Waals surface area contributed by atoms with Gasteiger partial charge < -0.3 is 15.0 Å². The Morgan fingerprint density at radius 3 is 2.55 bits per heavy atom. The second kappa shape index (κ2) is 6.12. The number of hydrogen-bond acceptors (Lipinski definition) is 3. The molecule has 2 rings (SSSR count). The lowest BCUT2D eigenvalue weighted by Crippen LogP contribution is -2.67. The van der Waals surface area contributed by atoms with Gasteiger partial charge in [0.15, 0.2) is 0 Å². The third-order valence-electron chi connectivity index (χ3n) is 4.24. The second-order valence-electron chi connectivity index (χ2n) is 6.31. The van der Waals surface area contributed by atoms with Crippen molar-refractivity contribution in [2.45, 2.75) is 71.2 Å². The van der Waals surface area contributed by atoms with Gasteiger partial charge in [-0.25, -0.2) is 0 Å². The largest absolute Gasteiger partial charge is 0.378 e. The molecule has 2 aliphatic rings. The molecule has 1 aliphatic heterocycles. The van der Waals surface area contributed by atoms with E-state index in [-0.39, 0.29) is 36.0 Å². The molecule has 5 heteroatoms. The average molecular weight is 282 g/mol. The highest BCUT2D eigenvalue weighted by Crippen LogP contribution is 2.32. The molecule has 20 heavy (non-hydrogen) atoms. The van der Waals surface area contributed by atoms with Crippen LogP contribution in [0.4, 0.5) is 0 Å². The van der Waals surface area contributed by atoms with Crippen molar-refractivity contribution >= 4 is 11.8 Å². The molecule has 0 radical (unpaired) electrons. The van der Waals surface area contributed by atoms with E-state index in [0.29, 0.717) is 18.9 Å². The highest BCUT2D eigenvalue weighted by atomic mass is 16.5. The lowest BCUT2D eigenvalue weighted by atomic mass is 9.85. The number of nitrogens with zero attached hydrogens (tertiary/aromatic N) is 1. The molecule has 0 bridgehead atoms. The molecule has 2 fully saturated rings. The molecule has 1 saturated carbocycles. The van der Waals surface area contributed by atoms with E-state index in [1.54, 1.807) is 4.90 Å². The van der Waals surface area contributed by atoms with E-state index in [4.69, 9.17) is 4.74 Å². The fourth-order valence-corrected chi connectivity index (χ4v) is 3.12. The number of ether oxygens (including phenoxy) is 1. The quantitative estimate of drug-likeness (QED) is 0.827. The first-order valence-electron chi connectivity index (χ1n) is 7.68. The van der Waals surface area contributed by atoms with Gasteiger partial charge in [0.1, 0.15) is 12.1 Å². The smallest absolute Gasteiger partial charge is 0.246 e. The van der Waals surface area contributed by atoms with Crippen LogP contribution in [0.5, 0.6) is 0 Å².